The molecule has 0 bridgehead atoms. The van der Waals surface area contributed by atoms with E-state index in [0.29, 0.717) is 13.1 Å². The molecule has 1 aliphatic heterocycles. The summed E-state index contributed by atoms with van der Waals surface area (Å²) < 4.78 is 0. The van der Waals surface area contributed by atoms with Crippen molar-refractivity contribution in [2.24, 2.45) is 11.3 Å². The van der Waals surface area contributed by atoms with Gasteiger partial charge in [-0.05, 0) is 24.3 Å². The molecule has 3 atom stereocenters. The van der Waals surface area contributed by atoms with E-state index in [4.69, 9.17) is 0 Å². The fourth-order valence-corrected chi connectivity index (χ4v) is 4.26. The number of amides is 1. The van der Waals surface area contributed by atoms with Gasteiger partial charge < -0.3 is 10.0 Å². The number of aliphatic carboxylic acids is 1. The molecule has 0 aromatic heterocycles. The van der Waals surface area contributed by atoms with Gasteiger partial charge in [-0.1, -0.05) is 36.8 Å². The van der Waals surface area contributed by atoms with Crippen LogP contribution in [-0.4, -0.2) is 54.0 Å². The van der Waals surface area contributed by atoms with E-state index in [2.05, 4.69) is 4.90 Å². The van der Waals surface area contributed by atoms with E-state index < -0.39 is 17.4 Å². The predicted octanol–water partition coefficient (Wildman–Crippen LogP) is 2.00. The number of nitrogens with zero attached hydrogens (tertiary/aromatic N) is 2. The lowest BCUT2D eigenvalue weighted by atomic mass is 9.81. The lowest BCUT2D eigenvalue weighted by Crippen LogP contribution is -2.41. The number of carbonyl (C=O) groups is 2. The summed E-state index contributed by atoms with van der Waals surface area (Å²) >= 11 is 0. The Morgan fingerprint density at radius 1 is 1.30 bits per heavy atom. The van der Waals surface area contributed by atoms with Crippen molar-refractivity contribution in [3.05, 3.63) is 35.9 Å². The molecule has 1 amide bonds. The topological polar surface area (TPSA) is 60.9 Å². The molecule has 1 aromatic carbocycles. The van der Waals surface area contributed by atoms with Gasteiger partial charge in [-0.15, -0.1) is 0 Å². The van der Waals surface area contributed by atoms with Gasteiger partial charge in [0, 0.05) is 27.2 Å². The maximum Gasteiger partial charge on any atom is 0.311 e. The molecule has 3 rings (SSSR count). The van der Waals surface area contributed by atoms with Crippen LogP contribution in [0, 0.1) is 11.3 Å². The molecule has 0 spiro atoms. The van der Waals surface area contributed by atoms with E-state index in [1.807, 2.05) is 30.3 Å². The average molecular weight is 316 g/mol. The van der Waals surface area contributed by atoms with Gasteiger partial charge >= 0.3 is 5.97 Å². The van der Waals surface area contributed by atoms with Crippen molar-refractivity contribution < 1.29 is 14.7 Å². The zero-order chi connectivity index (χ0) is 16.6. The van der Waals surface area contributed by atoms with Gasteiger partial charge in [0.15, 0.2) is 0 Å². The summed E-state index contributed by atoms with van der Waals surface area (Å²) in [6.45, 7) is 1.15. The summed E-state index contributed by atoms with van der Waals surface area (Å²) in [6.07, 6.45) is 2.64. The van der Waals surface area contributed by atoms with Crippen molar-refractivity contribution in [3.63, 3.8) is 0 Å². The first-order chi connectivity index (χ1) is 11.0. The van der Waals surface area contributed by atoms with Crippen molar-refractivity contribution in [2.45, 2.75) is 25.3 Å². The summed E-state index contributed by atoms with van der Waals surface area (Å²) in [5.74, 6) is -0.537. The highest BCUT2D eigenvalue weighted by molar-refractivity contribution is 5.83. The van der Waals surface area contributed by atoms with Crippen LogP contribution in [0.15, 0.2) is 30.3 Å². The summed E-state index contributed by atoms with van der Waals surface area (Å²) in [4.78, 5) is 28.3. The number of likely N-dealkylation sites (tertiary alicyclic amines) is 1. The Morgan fingerprint density at radius 2 is 2.00 bits per heavy atom. The molecule has 1 saturated carbocycles. The fraction of sp³-hybridized carbons (Fsp3) is 0.556. The Labute approximate surface area is 136 Å². The van der Waals surface area contributed by atoms with Gasteiger partial charge in [0.05, 0.1) is 5.41 Å². The van der Waals surface area contributed by atoms with Crippen LogP contribution < -0.4 is 0 Å². The first-order valence-electron chi connectivity index (χ1n) is 8.19. The average Bonchev–Trinajstić information content (AvgIpc) is 3.06. The zero-order valence-corrected chi connectivity index (χ0v) is 13.7. The fourth-order valence-electron chi connectivity index (χ4n) is 4.26. The Morgan fingerprint density at radius 3 is 2.57 bits per heavy atom. The normalized spacial score (nSPS) is 28.3. The van der Waals surface area contributed by atoms with E-state index in [-0.39, 0.29) is 11.8 Å². The summed E-state index contributed by atoms with van der Waals surface area (Å²) in [5, 5.41) is 9.77. The maximum absolute atomic E-state index is 12.8. The van der Waals surface area contributed by atoms with E-state index >= 15 is 0 Å². The molecule has 5 heteroatoms. The van der Waals surface area contributed by atoms with Crippen LogP contribution in [0.1, 0.15) is 30.9 Å². The van der Waals surface area contributed by atoms with E-state index in [9.17, 15) is 14.7 Å². The summed E-state index contributed by atoms with van der Waals surface area (Å²) in [7, 11) is 3.50. The minimum atomic E-state index is -0.702. The molecule has 1 heterocycles. The molecule has 1 N–H and O–H groups in total. The quantitative estimate of drug-likeness (QED) is 0.923. The van der Waals surface area contributed by atoms with Gasteiger partial charge in [-0.3, -0.25) is 14.5 Å². The van der Waals surface area contributed by atoms with Crippen LogP contribution >= 0.6 is 0 Å². The second-order valence-electron chi connectivity index (χ2n) is 7.03. The molecule has 1 unspecified atom stereocenters. The second kappa shape index (κ2) is 5.96. The van der Waals surface area contributed by atoms with Gasteiger partial charge in [0.2, 0.25) is 5.91 Å². The molecular weight excluding hydrogens is 292 g/mol. The molecule has 5 nitrogen and oxygen atoms in total. The Kier molecular flexibility index (Phi) is 4.15. The van der Waals surface area contributed by atoms with E-state index in [1.54, 1.807) is 19.0 Å². The van der Waals surface area contributed by atoms with Gasteiger partial charge in [-0.2, -0.15) is 0 Å². The Balaban J connectivity index is 1.93. The molecule has 1 aromatic rings. The monoisotopic (exact) mass is 316 g/mol. The first kappa shape index (κ1) is 16.0. The highest BCUT2D eigenvalue weighted by Gasteiger charge is 2.56. The number of hydrogen-bond acceptors (Lipinski definition) is 3. The van der Waals surface area contributed by atoms with Crippen molar-refractivity contribution in [2.75, 3.05) is 27.2 Å². The van der Waals surface area contributed by atoms with Crippen molar-refractivity contribution in [1.29, 1.82) is 0 Å². The third-order valence-electron chi connectivity index (χ3n) is 5.48. The van der Waals surface area contributed by atoms with Crippen LogP contribution in [0.5, 0.6) is 0 Å². The second-order valence-corrected chi connectivity index (χ2v) is 7.03. The predicted molar refractivity (Wildman–Crippen MR) is 86.9 cm³/mol. The lowest BCUT2D eigenvalue weighted by Gasteiger charge is -2.31. The zero-order valence-electron chi connectivity index (χ0n) is 13.7. The highest BCUT2D eigenvalue weighted by atomic mass is 16.4. The molecule has 2 aliphatic rings. The maximum atomic E-state index is 12.8. The van der Waals surface area contributed by atoms with E-state index in [0.717, 1.165) is 24.8 Å². The first-order valence-corrected chi connectivity index (χ1v) is 8.19. The largest absolute Gasteiger partial charge is 0.481 e. The number of carboxylic acid groups (broad SMARTS) is 1. The number of benzene rings is 1. The molecule has 2 fully saturated rings. The molecule has 23 heavy (non-hydrogen) atoms. The molecular formula is C18H24N2O3. The number of likely N-dealkylation sites (N-methyl/N-ethyl adjacent to an activating group) is 1. The number of carbonyl (C=O) groups excluding carboxylic acids is 1. The highest BCUT2D eigenvalue weighted by Crippen LogP contribution is 2.50. The van der Waals surface area contributed by atoms with E-state index in [1.165, 1.54) is 0 Å². The summed E-state index contributed by atoms with van der Waals surface area (Å²) in [5.41, 5.74) is 0.270. The number of rotatable bonds is 4. The van der Waals surface area contributed by atoms with Crippen LogP contribution in [0.2, 0.25) is 0 Å². The standard InChI is InChI=1S/C18H24N2O3/c1-19(2)16(21)15(13-7-4-3-5-8-13)20-11-14-9-6-10-18(14,12-20)17(22)23/h3-5,7-8,14-15H,6,9-12H2,1-2H3,(H,22,23)/t14-,15?,18+/m0/s1. The smallest absolute Gasteiger partial charge is 0.311 e. The summed E-state index contributed by atoms with van der Waals surface area (Å²) in [6, 6.07) is 9.29. The molecule has 1 aliphatic carbocycles. The van der Waals surface area contributed by atoms with Crippen LogP contribution in [-0.2, 0) is 9.59 Å². The Bertz CT molecular complexity index is 602. The van der Waals surface area contributed by atoms with Crippen LogP contribution in [0.25, 0.3) is 0 Å². The van der Waals surface area contributed by atoms with Gasteiger partial charge in [0.1, 0.15) is 6.04 Å². The third-order valence-corrected chi connectivity index (χ3v) is 5.48. The van der Waals surface area contributed by atoms with Gasteiger partial charge in [-0.25, -0.2) is 0 Å². The molecule has 0 radical (unpaired) electrons. The molecule has 1 saturated heterocycles. The van der Waals surface area contributed by atoms with Crippen LogP contribution in [0.4, 0.5) is 0 Å². The molecule has 124 valence electrons. The van der Waals surface area contributed by atoms with Gasteiger partial charge in [0.25, 0.3) is 0 Å². The third kappa shape index (κ3) is 2.63. The minimum Gasteiger partial charge on any atom is -0.481 e. The number of hydrogen-bond donors (Lipinski definition) is 1. The lowest BCUT2D eigenvalue weighted by molar-refractivity contribution is -0.150. The van der Waals surface area contributed by atoms with Crippen molar-refractivity contribution >= 4 is 11.9 Å². The van der Waals surface area contributed by atoms with Crippen LogP contribution in [0.3, 0.4) is 0 Å². The Hall–Kier alpha value is -1.88. The number of carboxylic acids is 1. The SMILES string of the molecule is CN(C)C(=O)C(c1ccccc1)N1C[C@@H]2CCC[C@@]2(C(=O)O)C1. The minimum absolute atomic E-state index is 0.0108. The van der Waals surface area contributed by atoms with Crippen molar-refractivity contribution in [3.8, 4) is 0 Å². The number of fused-ring (bicyclic) bond motifs is 1. The van der Waals surface area contributed by atoms with Crippen molar-refractivity contribution in [1.82, 2.24) is 9.80 Å².